The average molecular weight is 1250 g/mol. The summed E-state index contributed by atoms with van der Waals surface area (Å²) in [4.78, 5) is 59.3. The van der Waals surface area contributed by atoms with E-state index in [1.54, 1.807) is 24.3 Å². The van der Waals surface area contributed by atoms with Gasteiger partial charge < -0.3 is 32.5 Å². The molecular formula is C70H112N2O10Si4. The second-order valence-electron chi connectivity index (χ2n) is 30.1. The summed E-state index contributed by atoms with van der Waals surface area (Å²) in [6.07, 6.45) is 24.4. The molecule has 478 valence electrons. The molecule has 12 nitrogen and oxygen atoms in total. The minimum Gasteiger partial charge on any atom is -0.543 e. The molecule has 0 aromatic heterocycles. The molecule has 2 aliphatic rings. The van der Waals surface area contributed by atoms with Gasteiger partial charge >= 0.3 is 18.0 Å². The topological polar surface area (TPSA) is 139 Å². The Kier molecular flexibility index (Phi) is 26.2. The van der Waals surface area contributed by atoms with Gasteiger partial charge in [0.05, 0.1) is 12.2 Å². The van der Waals surface area contributed by atoms with Gasteiger partial charge in [0.25, 0.3) is 22.5 Å². The van der Waals surface area contributed by atoms with Crippen LogP contribution in [0.25, 0.3) is 0 Å². The molecule has 2 aromatic carbocycles. The molecule has 0 aliphatic carbocycles. The number of carbonyl (C=O) groups is 4. The first kappa shape index (κ1) is 73.6. The summed E-state index contributed by atoms with van der Waals surface area (Å²) in [5, 5.41) is 2.45. The normalized spacial score (nSPS) is 22.2. The highest BCUT2D eigenvalue weighted by Gasteiger charge is 2.45. The van der Waals surface area contributed by atoms with Crippen molar-refractivity contribution in [2.45, 2.75) is 259 Å². The van der Waals surface area contributed by atoms with E-state index in [0.29, 0.717) is 48.3 Å². The number of esters is 2. The highest BCUT2D eigenvalue weighted by Crippen LogP contribution is 2.44. The molecule has 2 aromatic rings. The minimum atomic E-state index is -2.41. The van der Waals surface area contributed by atoms with Gasteiger partial charge in [-0.1, -0.05) is 183 Å². The summed E-state index contributed by atoms with van der Waals surface area (Å²) in [5.41, 5.74) is 2.46. The van der Waals surface area contributed by atoms with Gasteiger partial charge in [-0.25, -0.2) is 19.3 Å². The van der Waals surface area contributed by atoms with Gasteiger partial charge in [-0.2, -0.15) is 0 Å². The third-order valence-electron chi connectivity index (χ3n) is 18.9. The fraction of sp³-hybridized carbons (Fsp3) is 0.600. The second kappa shape index (κ2) is 30.6. The molecule has 0 spiro atoms. The molecule has 0 saturated heterocycles. The number of benzene rings is 2. The lowest BCUT2D eigenvalue weighted by atomic mass is 9.93. The van der Waals surface area contributed by atoms with E-state index in [1.807, 2.05) is 49.4 Å². The van der Waals surface area contributed by atoms with Gasteiger partial charge in [-0.15, -0.1) is 0 Å². The molecule has 0 radical (unpaired) electrons. The standard InChI is InChI=1S/C70H112N2O10Si4/c1-24-25-26-27-46-61(73)72(48-35-43-56-50-60(82-86(22,23)70(13,14)15)52(3)37-29-31-39-54-41-33-45-58(63(54)65(75)78-56)80-84(18,19)68(7,8)9)66(76)71-47-34-42-55-49-59(81-85(20,21)69(10,11)12)51(2)36-28-30-38-53-40-32-44-57(62(53)64(74)77-55)79-83(16,17)67(4,5)6/h25-35,40-41,44-48,51-52,55-56,59-60H,24,36-39,42-43,49-50H2,1-23H3,(H,71,76)/b26-25?,30-28+,31-29+,46-27-,47-34+,48-35+/t51-,52-,55-,56-,59+,60+/m0/s1. The Morgan fingerprint density at radius 3 is 1.38 bits per heavy atom. The number of imide groups is 1. The van der Waals surface area contributed by atoms with E-state index >= 15 is 0 Å². The van der Waals surface area contributed by atoms with Crippen molar-refractivity contribution in [3.8, 4) is 11.5 Å². The molecule has 0 saturated carbocycles. The molecule has 6 atom stereocenters. The van der Waals surface area contributed by atoms with Crippen molar-refractivity contribution < 1.29 is 46.4 Å². The largest absolute Gasteiger partial charge is 0.543 e. The molecular weight excluding hydrogens is 1140 g/mol. The van der Waals surface area contributed by atoms with E-state index in [9.17, 15) is 19.2 Å². The van der Waals surface area contributed by atoms with Crippen LogP contribution in [-0.4, -0.2) is 86.5 Å². The molecule has 3 amide bonds. The Labute approximate surface area is 524 Å². The van der Waals surface area contributed by atoms with Gasteiger partial charge in [-0.3, -0.25) is 4.79 Å². The molecule has 86 heavy (non-hydrogen) atoms. The monoisotopic (exact) mass is 1250 g/mol. The predicted octanol–water partition coefficient (Wildman–Crippen LogP) is 18.9. The number of allylic oxidation sites excluding steroid dienone is 7. The van der Waals surface area contributed by atoms with Crippen LogP contribution in [0.5, 0.6) is 11.5 Å². The van der Waals surface area contributed by atoms with Crippen LogP contribution >= 0.6 is 0 Å². The fourth-order valence-corrected chi connectivity index (χ4v) is 13.9. The summed E-state index contributed by atoms with van der Waals surface area (Å²) in [5.74, 6) is -0.349. The van der Waals surface area contributed by atoms with Crippen molar-refractivity contribution in [2.75, 3.05) is 0 Å². The average Bonchev–Trinajstić information content (AvgIpc) is 2.22. The van der Waals surface area contributed by atoms with E-state index < -0.39 is 69.4 Å². The fourth-order valence-electron chi connectivity index (χ4n) is 8.97. The summed E-state index contributed by atoms with van der Waals surface area (Å²) >= 11 is 0. The zero-order valence-corrected chi connectivity index (χ0v) is 61.3. The first-order valence-electron chi connectivity index (χ1n) is 31.6. The lowest BCUT2D eigenvalue weighted by molar-refractivity contribution is -0.121. The number of ether oxygens (including phenoxy) is 2. The predicted molar refractivity (Wildman–Crippen MR) is 365 cm³/mol. The number of carbonyl (C=O) groups excluding carboxylic acids is 4. The van der Waals surface area contributed by atoms with Crippen molar-refractivity contribution in [1.29, 1.82) is 0 Å². The van der Waals surface area contributed by atoms with Crippen LogP contribution in [0.4, 0.5) is 4.79 Å². The number of cyclic esters (lactones) is 2. The number of nitrogens with zero attached hydrogens (tertiary/aromatic N) is 1. The summed E-state index contributed by atoms with van der Waals surface area (Å²) in [6, 6.07) is 10.8. The number of hydrogen-bond donors (Lipinski definition) is 1. The van der Waals surface area contributed by atoms with E-state index in [2.05, 4.69) is 179 Å². The van der Waals surface area contributed by atoms with Crippen molar-refractivity contribution in [3.63, 3.8) is 0 Å². The van der Waals surface area contributed by atoms with Gasteiger partial charge in [0, 0.05) is 44.2 Å². The number of fused-ring (bicyclic) bond motifs is 2. The van der Waals surface area contributed by atoms with Crippen molar-refractivity contribution in [3.05, 3.63) is 132 Å². The van der Waals surface area contributed by atoms with Gasteiger partial charge in [0.15, 0.2) is 16.6 Å². The SMILES string of the molecule is CCC=C/C=C\C(=O)N(/C=C/C[C@H]1C[C@@H](O[Si](C)(C)C(C)(C)C)[C@@H](C)C/C=C/Cc2cccc(O[Si](C)(C)C(C)(C)C)c2C(=O)O1)C(=O)N/C=C/C[C@H]1C[C@@H](O[Si](C)(C)C(C)(C)C)[C@@H](C)C/C=C/Cc2cccc(O[Si](C)(C)C(C)(C)C)c2C(=O)O1. The van der Waals surface area contributed by atoms with Crippen molar-refractivity contribution >= 4 is 57.1 Å². The van der Waals surface area contributed by atoms with Crippen molar-refractivity contribution in [1.82, 2.24) is 10.2 Å². The van der Waals surface area contributed by atoms with Crippen LogP contribution in [0.1, 0.15) is 181 Å². The smallest absolute Gasteiger partial charge is 0.342 e. The van der Waals surface area contributed by atoms with Crippen LogP contribution < -0.4 is 14.2 Å². The van der Waals surface area contributed by atoms with Gasteiger partial charge in [0.2, 0.25) is 0 Å². The molecule has 4 rings (SSSR count). The van der Waals surface area contributed by atoms with Crippen LogP contribution in [0.3, 0.4) is 0 Å². The van der Waals surface area contributed by atoms with Crippen LogP contribution in [0, 0.1) is 11.8 Å². The van der Waals surface area contributed by atoms with Gasteiger partial charge in [0.1, 0.15) is 34.8 Å². The number of urea groups is 1. The third kappa shape index (κ3) is 20.9. The Morgan fingerprint density at radius 1 is 0.581 bits per heavy atom. The van der Waals surface area contributed by atoms with E-state index in [0.717, 1.165) is 35.3 Å². The van der Waals surface area contributed by atoms with Crippen LogP contribution in [-0.2, 0) is 36.0 Å². The highest BCUT2D eigenvalue weighted by atomic mass is 28.4. The zero-order valence-electron chi connectivity index (χ0n) is 57.3. The quantitative estimate of drug-likeness (QED) is 0.0535. The molecule has 0 unspecified atom stereocenters. The Morgan fingerprint density at radius 2 is 0.988 bits per heavy atom. The Hall–Kier alpha value is -4.85. The third-order valence-corrected chi connectivity index (χ3v) is 36.6. The Balaban J connectivity index is 1.77. The van der Waals surface area contributed by atoms with Crippen LogP contribution in [0.2, 0.25) is 72.5 Å². The summed E-state index contributed by atoms with van der Waals surface area (Å²) in [7, 11) is -9.44. The number of hydrogen-bond acceptors (Lipinski definition) is 10. The number of rotatable bonds is 17. The maximum Gasteiger partial charge on any atom is 0.342 e. The summed E-state index contributed by atoms with van der Waals surface area (Å²) in [6.45, 7) is 50.4. The Bertz CT molecular complexity index is 2800. The van der Waals surface area contributed by atoms with Gasteiger partial charge in [-0.05, 0) is 140 Å². The van der Waals surface area contributed by atoms with Crippen LogP contribution in [0.15, 0.2) is 110 Å². The molecule has 2 aliphatic heterocycles. The maximum absolute atomic E-state index is 14.9. The maximum atomic E-state index is 14.9. The molecule has 2 heterocycles. The molecule has 1 N–H and O–H groups in total. The minimum absolute atomic E-state index is 0.0673. The number of amides is 3. The molecule has 0 fully saturated rings. The van der Waals surface area contributed by atoms with Crippen molar-refractivity contribution in [2.24, 2.45) is 11.8 Å². The lowest BCUT2D eigenvalue weighted by Gasteiger charge is -2.41. The lowest BCUT2D eigenvalue weighted by Crippen LogP contribution is -2.46. The van der Waals surface area contributed by atoms with E-state index in [1.165, 1.54) is 18.5 Å². The number of nitrogens with one attached hydrogen (secondary N) is 1. The highest BCUT2D eigenvalue weighted by molar-refractivity contribution is 6.75. The summed E-state index contributed by atoms with van der Waals surface area (Å²) < 4.78 is 41.4. The molecule has 16 heteroatoms. The van der Waals surface area contributed by atoms with E-state index in [4.69, 9.17) is 27.2 Å². The van der Waals surface area contributed by atoms with E-state index in [-0.39, 0.29) is 57.0 Å². The zero-order chi connectivity index (χ0) is 64.9. The first-order chi connectivity index (χ1) is 39.6. The first-order valence-corrected chi connectivity index (χ1v) is 43.2. The molecule has 0 bridgehead atoms. The second-order valence-corrected chi connectivity index (χ2v) is 49.0.